The average molecular weight is 401 g/mol. The van der Waals surface area contributed by atoms with Crippen LogP contribution >= 0.6 is 11.3 Å². The highest BCUT2D eigenvalue weighted by atomic mass is 32.1. The van der Waals surface area contributed by atoms with Gasteiger partial charge in [-0.15, -0.1) is 11.3 Å². The number of nitrogens with one attached hydrogen (secondary N) is 2. The van der Waals surface area contributed by atoms with Crippen LogP contribution in [-0.4, -0.2) is 78.5 Å². The maximum absolute atomic E-state index is 12.6. The molecule has 5 N–H and O–H groups in total. The highest BCUT2D eigenvalue weighted by molar-refractivity contribution is 7.13. The number of carbonyl (C=O) groups excluding carboxylic acids is 1. The van der Waals surface area contributed by atoms with Gasteiger partial charge in [-0.3, -0.25) is 9.59 Å². The molecule has 0 bridgehead atoms. The quantitative estimate of drug-likeness (QED) is 0.149. The second-order valence-electron chi connectivity index (χ2n) is 5.52. The molecular formula is C14H20BN3O8S. The van der Waals surface area contributed by atoms with Crippen LogP contribution < -0.4 is 10.8 Å². The summed E-state index contributed by atoms with van der Waals surface area (Å²) in [6, 6.07) is 3.41. The van der Waals surface area contributed by atoms with Crippen molar-refractivity contribution in [1.29, 1.82) is 0 Å². The number of thiophene rings is 1. The van der Waals surface area contributed by atoms with Crippen molar-refractivity contribution >= 4 is 36.0 Å². The SMILES string of the molecule is O=C(O)CC1COCC(NC(=O)C(=NOCCNO)c2cccs2)B(O)O1. The Morgan fingerprint density at radius 1 is 1.44 bits per heavy atom. The molecule has 0 aromatic carbocycles. The summed E-state index contributed by atoms with van der Waals surface area (Å²) in [5.41, 5.74) is 1.89. The molecule has 2 rings (SSSR count). The first-order valence-electron chi connectivity index (χ1n) is 8.06. The zero-order valence-electron chi connectivity index (χ0n) is 14.2. The number of hydroxylamine groups is 1. The highest BCUT2D eigenvalue weighted by Gasteiger charge is 2.36. The van der Waals surface area contributed by atoms with Crippen LogP contribution in [0.4, 0.5) is 0 Å². The lowest BCUT2D eigenvalue weighted by atomic mass is 9.79. The van der Waals surface area contributed by atoms with Gasteiger partial charge in [-0.25, -0.2) is 5.48 Å². The number of amides is 1. The minimum absolute atomic E-state index is 0.0125. The molecule has 11 nitrogen and oxygen atoms in total. The molecule has 148 valence electrons. The molecule has 2 heterocycles. The molecule has 1 aliphatic heterocycles. The van der Waals surface area contributed by atoms with Crippen LogP contribution in [0.15, 0.2) is 22.7 Å². The number of rotatable bonds is 9. The van der Waals surface area contributed by atoms with Crippen LogP contribution in [0, 0.1) is 0 Å². The number of nitrogens with zero attached hydrogens (tertiary/aromatic N) is 1. The van der Waals surface area contributed by atoms with Crippen LogP contribution in [0.5, 0.6) is 0 Å². The third-order valence-electron chi connectivity index (χ3n) is 3.43. The zero-order chi connectivity index (χ0) is 19.6. The number of ether oxygens (including phenoxy) is 1. The number of hydrogen-bond donors (Lipinski definition) is 5. The fourth-order valence-electron chi connectivity index (χ4n) is 2.20. The van der Waals surface area contributed by atoms with Gasteiger partial charge in [0.2, 0.25) is 0 Å². The minimum atomic E-state index is -1.44. The molecule has 2 atom stereocenters. The fourth-order valence-corrected chi connectivity index (χ4v) is 2.91. The molecule has 0 saturated carbocycles. The van der Waals surface area contributed by atoms with Crippen LogP contribution in [0.1, 0.15) is 11.3 Å². The van der Waals surface area contributed by atoms with Gasteiger partial charge in [0.15, 0.2) is 5.71 Å². The first-order chi connectivity index (χ1) is 13.0. The molecule has 1 amide bonds. The second-order valence-corrected chi connectivity index (χ2v) is 6.47. The summed E-state index contributed by atoms with van der Waals surface area (Å²) in [7, 11) is -1.44. The second kappa shape index (κ2) is 11.0. The topological polar surface area (TPSA) is 159 Å². The van der Waals surface area contributed by atoms with E-state index in [1.54, 1.807) is 17.5 Å². The Morgan fingerprint density at radius 2 is 2.26 bits per heavy atom. The van der Waals surface area contributed by atoms with Crippen LogP contribution in [0.3, 0.4) is 0 Å². The summed E-state index contributed by atoms with van der Waals surface area (Å²) < 4.78 is 10.6. The van der Waals surface area contributed by atoms with E-state index in [1.807, 2.05) is 5.48 Å². The van der Waals surface area contributed by atoms with Crippen molar-refractivity contribution < 1.29 is 39.2 Å². The fraction of sp³-hybridized carbons (Fsp3) is 0.500. The molecule has 1 aromatic rings. The summed E-state index contributed by atoms with van der Waals surface area (Å²) in [6.07, 6.45) is -1.15. The van der Waals surface area contributed by atoms with E-state index in [2.05, 4.69) is 10.5 Å². The highest BCUT2D eigenvalue weighted by Crippen LogP contribution is 2.13. The lowest BCUT2D eigenvalue weighted by Gasteiger charge is -2.19. The largest absolute Gasteiger partial charge is 0.481 e. The number of carbonyl (C=O) groups is 2. The van der Waals surface area contributed by atoms with Crippen LogP contribution in [-0.2, 0) is 23.8 Å². The molecule has 1 aliphatic rings. The third kappa shape index (κ3) is 6.90. The van der Waals surface area contributed by atoms with E-state index < -0.39 is 31.0 Å². The molecule has 1 saturated heterocycles. The molecule has 27 heavy (non-hydrogen) atoms. The van der Waals surface area contributed by atoms with Crippen LogP contribution in [0.2, 0.25) is 0 Å². The molecule has 2 unspecified atom stereocenters. The lowest BCUT2D eigenvalue weighted by Crippen LogP contribution is -2.52. The monoisotopic (exact) mass is 401 g/mol. The van der Waals surface area contributed by atoms with E-state index in [1.165, 1.54) is 11.3 Å². The van der Waals surface area contributed by atoms with Crippen molar-refractivity contribution in [2.75, 3.05) is 26.4 Å². The van der Waals surface area contributed by atoms with E-state index in [9.17, 15) is 14.6 Å². The first kappa shape index (κ1) is 21.3. The third-order valence-corrected chi connectivity index (χ3v) is 4.30. The van der Waals surface area contributed by atoms with Crippen molar-refractivity contribution in [3.63, 3.8) is 0 Å². The molecule has 13 heteroatoms. The van der Waals surface area contributed by atoms with Crippen molar-refractivity contribution in [3.05, 3.63) is 22.4 Å². The summed E-state index contributed by atoms with van der Waals surface area (Å²) in [5.74, 6) is -2.62. The van der Waals surface area contributed by atoms with Gasteiger partial charge in [-0.05, 0) is 11.4 Å². The molecular weight excluding hydrogens is 381 g/mol. The van der Waals surface area contributed by atoms with E-state index in [-0.39, 0.29) is 38.5 Å². The van der Waals surface area contributed by atoms with E-state index in [4.69, 9.17) is 24.5 Å². The number of carboxylic acid groups (broad SMARTS) is 1. The lowest BCUT2D eigenvalue weighted by molar-refractivity contribution is -0.139. The molecule has 0 spiro atoms. The van der Waals surface area contributed by atoms with Gasteiger partial charge < -0.3 is 34.9 Å². The maximum atomic E-state index is 12.6. The number of oxime groups is 1. The Bertz CT molecular complexity index is 644. The Kier molecular flexibility index (Phi) is 8.64. The van der Waals surface area contributed by atoms with Gasteiger partial charge in [0.25, 0.3) is 5.91 Å². The van der Waals surface area contributed by atoms with Gasteiger partial charge in [-0.2, -0.15) is 0 Å². The molecule has 1 fully saturated rings. The first-order valence-corrected chi connectivity index (χ1v) is 8.94. The Balaban J connectivity index is 2.02. The van der Waals surface area contributed by atoms with E-state index in [0.29, 0.717) is 4.88 Å². The average Bonchev–Trinajstić information content (AvgIpc) is 3.08. The molecule has 0 aliphatic carbocycles. The Hall–Kier alpha value is -2.03. The Morgan fingerprint density at radius 3 is 2.93 bits per heavy atom. The predicted octanol–water partition coefficient (Wildman–Crippen LogP) is -1.16. The maximum Gasteiger partial charge on any atom is 0.480 e. The van der Waals surface area contributed by atoms with Crippen molar-refractivity contribution in [1.82, 2.24) is 10.8 Å². The summed E-state index contributed by atoms with van der Waals surface area (Å²) in [4.78, 5) is 28.9. The van der Waals surface area contributed by atoms with Crippen molar-refractivity contribution in [2.45, 2.75) is 18.5 Å². The number of aliphatic carboxylic acids is 1. The van der Waals surface area contributed by atoms with Gasteiger partial charge in [0, 0.05) is 0 Å². The Labute approximate surface area is 159 Å². The summed E-state index contributed by atoms with van der Waals surface area (Å²) in [6.45, 7) is 0.0829. The molecule has 0 radical (unpaired) electrons. The number of hydrogen-bond acceptors (Lipinski definition) is 10. The van der Waals surface area contributed by atoms with Gasteiger partial charge in [0.1, 0.15) is 6.61 Å². The van der Waals surface area contributed by atoms with Crippen molar-refractivity contribution in [2.24, 2.45) is 5.16 Å². The van der Waals surface area contributed by atoms with Crippen molar-refractivity contribution in [3.8, 4) is 0 Å². The van der Waals surface area contributed by atoms with Gasteiger partial charge in [0.05, 0.1) is 43.1 Å². The van der Waals surface area contributed by atoms with Gasteiger partial charge in [-0.1, -0.05) is 11.2 Å². The summed E-state index contributed by atoms with van der Waals surface area (Å²) in [5, 5.41) is 35.6. The normalized spacial score (nSPS) is 20.8. The van der Waals surface area contributed by atoms with Crippen LogP contribution in [0.25, 0.3) is 0 Å². The van der Waals surface area contributed by atoms with E-state index >= 15 is 0 Å². The smallest absolute Gasteiger partial charge is 0.480 e. The van der Waals surface area contributed by atoms with E-state index in [0.717, 1.165) is 0 Å². The number of carboxylic acids is 1. The summed E-state index contributed by atoms with van der Waals surface area (Å²) >= 11 is 1.27. The standard InChI is InChI=1S/C14H20BN3O8S/c19-12(20)6-9-7-24-8-11(15(22)26-9)17-14(21)13(10-2-1-5-27-10)18-25-4-3-16-23/h1-2,5,9,11,16,22-23H,3-4,6-8H2,(H,17,21)(H,19,20). The predicted molar refractivity (Wildman–Crippen MR) is 94.4 cm³/mol. The van der Waals surface area contributed by atoms with Gasteiger partial charge >= 0.3 is 13.1 Å². The minimum Gasteiger partial charge on any atom is -0.481 e. The zero-order valence-corrected chi connectivity index (χ0v) is 15.1. The molecule has 1 aromatic heterocycles.